The van der Waals surface area contributed by atoms with Gasteiger partial charge in [0.15, 0.2) is 5.78 Å². The van der Waals surface area contributed by atoms with E-state index in [1.807, 2.05) is 25.1 Å². The number of rotatable bonds is 3. The molecule has 0 saturated heterocycles. The van der Waals surface area contributed by atoms with Gasteiger partial charge in [-0.05, 0) is 19.1 Å². The second-order valence-corrected chi connectivity index (χ2v) is 3.46. The number of hydrogen-bond donors (Lipinski definition) is 0. The van der Waals surface area contributed by atoms with E-state index in [2.05, 4.69) is 15.0 Å². The quantitative estimate of drug-likeness (QED) is 0.727. The van der Waals surface area contributed by atoms with Crippen molar-refractivity contribution in [1.29, 1.82) is 0 Å². The van der Waals surface area contributed by atoms with Gasteiger partial charge in [-0.2, -0.15) is 0 Å². The van der Waals surface area contributed by atoms with Gasteiger partial charge in [0.25, 0.3) is 0 Å². The summed E-state index contributed by atoms with van der Waals surface area (Å²) < 4.78 is 0. The minimum absolute atomic E-state index is 0.0637. The minimum Gasteiger partial charge on any atom is -0.292 e. The van der Waals surface area contributed by atoms with Crippen LogP contribution in [0.4, 0.5) is 0 Å². The molecule has 2 heterocycles. The van der Waals surface area contributed by atoms with Gasteiger partial charge in [-0.3, -0.25) is 14.8 Å². The zero-order chi connectivity index (χ0) is 11.4. The van der Waals surface area contributed by atoms with E-state index in [9.17, 15) is 4.79 Å². The molecule has 0 bridgehead atoms. The number of carbonyl (C=O) groups excluding carboxylic acids is 1. The van der Waals surface area contributed by atoms with E-state index in [-0.39, 0.29) is 12.2 Å². The Balaban J connectivity index is 2.12. The molecule has 2 aromatic heterocycles. The van der Waals surface area contributed by atoms with E-state index >= 15 is 0 Å². The summed E-state index contributed by atoms with van der Waals surface area (Å²) in [5, 5.41) is 0. The maximum atomic E-state index is 11.8. The Bertz CT molecular complexity index is 479. The van der Waals surface area contributed by atoms with Crippen molar-refractivity contribution < 1.29 is 4.79 Å². The second kappa shape index (κ2) is 4.61. The molecule has 80 valence electrons. The molecule has 4 nitrogen and oxygen atoms in total. The Labute approximate surface area is 93.4 Å². The molecule has 0 aromatic carbocycles. The zero-order valence-corrected chi connectivity index (χ0v) is 8.92. The highest BCUT2D eigenvalue weighted by molar-refractivity contribution is 5.95. The number of aryl methyl sites for hydroxylation is 1. The average molecular weight is 213 g/mol. The molecule has 0 radical (unpaired) electrons. The van der Waals surface area contributed by atoms with Gasteiger partial charge >= 0.3 is 0 Å². The molecular formula is C12H11N3O. The van der Waals surface area contributed by atoms with E-state index in [4.69, 9.17) is 0 Å². The molecule has 0 amide bonds. The Morgan fingerprint density at radius 1 is 1.19 bits per heavy atom. The molecular weight excluding hydrogens is 202 g/mol. The van der Waals surface area contributed by atoms with Crippen LogP contribution in [-0.2, 0) is 6.42 Å². The highest BCUT2D eigenvalue weighted by atomic mass is 16.1. The van der Waals surface area contributed by atoms with Crippen LogP contribution in [0.5, 0.6) is 0 Å². The van der Waals surface area contributed by atoms with Crippen LogP contribution >= 0.6 is 0 Å². The number of pyridine rings is 1. The molecule has 4 heteroatoms. The molecule has 0 fully saturated rings. The summed E-state index contributed by atoms with van der Waals surface area (Å²) in [6.45, 7) is 1.83. The summed E-state index contributed by atoms with van der Waals surface area (Å²) in [5.74, 6) is -0.0637. The van der Waals surface area contributed by atoms with Gasteiger partial charge in [-0.15, -0.1) is 0 Å². The molecule has 2 aromatic rings. The third-order valence-corrected chi connectivity index (χ3v) is 2.13. The first-order chi connectivity index (χ1) is 7.75. The molecule has 0 spiro atoms. The fraction of sp³-hybridized carbons (Fsp3) is 0.167. The van der Waals surface area contributed by atoms with E-state index in [1.165, 1.54) is 6.20 Å². The maximum Gasteiger partial charge on any atom is 0.188 e. The summed E-state index contributed by atoms with van der Waals surface area (Å²) in [4.78, 5) is 23.9. The summed E-state index contributed by atoms with van der Waals surface area (Å²) in [6.07, 6.45) is 5.02. The summed E-state index contributed by atoms with van der Waals surface area (Å²) in [7, 11) is 0. The minimum atomic E-state index is -0.0637. The van der Waals surface area contributed by atoms with Crippen molar-refractivity contribution in [2.75, 3.05) is 0 Å². The first-order valence-corrected chi connectivity index (χ1v) is 4.97. The van der Waals surface area contributed by atoms with Gasteiger partial charge in [0.2, 0.25) is 0 Å². The van der Waals surface area contributed by atoms with Crippen LogP contribution in [0, 0.1) is 6.92 Å². The molecule has 2 rings (SSSR count). The molecule has 0 aliphatic rings. The number of ketones is 1. The third kappa shape index (κ3) is 2.48. The van der Waals surface area contributed by atoms with Gasteiger partial charge in [0.1, 0.15) is 5.69 Å². The van der Waals surface area contributed by atoms with Crippen molar-refractivity contribution >= 4 is 5.78 Å². The Hall–Kier alpha value is -2.10. The largest absolute Gasteiger partial charge is 0.292 e. The fourth-order valence-electron chi connectivity index (χ4n) is 1.29. The highest BCUT2D eigenvalue weighted by Gasteiger charge is 2.09. The molecule has 0 aliphatic heterocycles. The van der Waals surface area contributed by atoms with Crippen molar-refractivity contribution in [3.8, 4) is 0 Å². The number of carbonyl (C=O) groups is 1. The fourth-order valence-corrected chi connectivity index (χ4v) is 1.29. The Kier molecular flexibility index (Phi) is 3.00. The van der Waals surface area contributed by atoms with Crippen molar-refractivity contribution in [1.82, 2.24) is 15.0 Å². The normalized spacial score (nSPS) is 10.1. The average Bonchev–Trinajstić information content (AvgIpc) is 2.31. The first-order valence-electron chi connectivity index (χ1n) is 4.97. The van der Waals surface area contributed by atoms with Crippen molar-refractivity contribution in [2.24, 2.45) is 0 Å². The van der Waals surface area contributed by atoms with Crippen molar-refractivity contribution in [2.45, 2.75) is 13.3 Å². The molecule has 0 unspecified atom stereocenters. The van der Waals surface area contributed by atoms with Crippen LogP contribution in [-0.4, -0.2) is 20.7 Å². The number of aromatic nitrogens is 3. The van der Waals surface area contributed by atoms with Crippen LogP contribution in [0.25, 0.3) is 0 Å². The predicted molar refractivity (Wildman–Crippen MR) is 59.0 cm³/mol. The van der Waals surface area contributed by atoms with Crippen LogP contribution in [0.3, 0.4) is 0 Å². The van der Waals surface area contributed by atoms with Gasteiger partial charge < -0.3 is 0 Å². The second-order valence-electron chi connectivity index (χ2n) is 3.46. The zero-order valence-electron chi connectivity index (χ0n) is 8.92. The standard InChI is InChI=1S/C12H11N3O/c1-9-7-15-11(8-14-9)12(16)6-10-4-2-3-5-13-10/h2-5,7-8H,6H2,1H3. The van der Waals surface area contributed by atoms with Gasteiger partial charge in [-0.1, -0.05) is 6.07 Å². The topological polar surface area (TPSA) is 55.7 Å². The Morgan fingerprint density at radius 3 is 2.69 bits per heavy atom. The van der Waals surface area contributed by atoms with E-state index in [0.717, 1.165) is 11.4 Å². The van der Waals surface area contributed by atoms with Crippen LogP contribution in [0.15, 0.2) is 36.8 Å². The van der Waals surface area contributed by atoms with Crippen LogP contribution < -0.4 is 0 Å². The van der Waals surface area contributed by atoms with E-state index in [1.54, 1.807) is 12.4 Å². The lowest BCUT2D eigenvalue weighted by Crippen LogP contribution is -2.07. The van der Waals surface area contributed by atoms with Crippen molar-refractivity contribution in [3.05, 3.63) is 53.9 Å². The lowest BCUT2D eigenvalue weighted by Gasteiger charge is -1.99. The lowest BCUT2D eigenvalue weighted by molar-refractivity contribution is 0.0987. The SMILES string of the molecule is Cc1cnc(C(=O)Cc2ccccn2)cn1. The number of nitrogens with zero attached hydrogens (tertiary/aromatic N) is 3. The molecule has 0 saturated carbocycles. The third-order valence-electron chi connectivity index (χ3n) is 2.13. The van der Waals surface area contributed by atoms with Gasteiger partial charge in [0.05, 0.1) is 18.3 Å². The predicted octanol–water partition coefficient (Wildman–Crippen LogP) is 1.61. The van der Waals surface area contributed by atoms with Gasteiger partial charge in [-0.25, -0.2) is 4.98 Å². The number of hydrogen-bond acceptors (Lipinski definition) is 4. The Morgan fingerprint density at radius 2 is 2.06 bits per heavy atom. The lowest BCUT2D eigenvalue weighted by atomic mass is 10.1. The van der Waals surface area contributed by atoms with Crippen LogP contribution in [0.2, 0.25) is 0 Å². The molecule has 16 heavy (non-hydrogen) atoms. The smallest absolute Gasteiger partial charge is 0.188 e. The monoisotopic (exact) mass is 213 g/mol. The number of Topliss-reactive ketones (excluding diaryl/α,β-unsaturated/α-hetero) is 1. The summed E-state index contributed by atoms with van der Waals surface area (Å²) >= 11 is 0. The maximum absolute atomic E-state index is 11.8. The van der Waals surface area contributed by atoms with E-state index < -0.39 is 0 Å². The van der Waals surface area contributed by atoms with E-state index in [0.29, 0.717) is 5.69 Å². The summed E-state index contributed by atoms with van der Waals surface area (Å²) in [6, 6.07) is 5.50. The highest BCUT2D eigenvalue weighted by Crippen LogP contribution is 2.02. The molecule has 0 atom stereocenters. The van der Waals surface area contributed by atoms with Crippen LogP contribution in [0.1, 0.15) is 21.9 Å². The first kappa shape index (κ1) is 10.4. The molecule has 0 N–H and O–H groups in total. The van der Waals surface area contributed by atoms with Crippen molar-refractivity contribution in [3.63, 3.8) is 0 Å². The van der Waals surface area contributed by atoms with Gasteiger partial charge in [0, 0.05) is 18.1 Å². The molecule has 0 aliphatic carbocycles. The summed E-state index contributed by atoms with van der Waals surface area (Å²) in [5.41, 5.74) is 1.93.